The van der Waals surface area contributed by atoms with E-state index in [2.05, 4.69) is 11.1 Å². The Kier molecular flexibility index (Phi) is 3.72. The summed E-state index contributed by atoms with van der Waals surface area (Å²) in [6.07, 6.45) is 8.00. The fourth-order valence-corrected chi connectivity index (χ4v) is 2.52. The van der Waals surface area contributed by atoms with E-state index in [1.165, 1.54) is 12.0 Å². The molecule has 3 nitrogen and oxygen atoms in total. The van der Waals surface area contributed by atoms with Crippen LogP contribution in [0.5, 0.6) is 0 Å². The van der Waals surface area contributed by atoms with Gasteiger partial charge in [0, 0.05) is 25.0 Å². The van der Waals surface area contributed by atoms with E-state index >= 15 is 0 Å². The highest BCUT2D eigenvalue weighted by molar-refractivity contribution is 7.09. The van der Waals surface area contributed by atoms with Crippen LogP contribution in [0.2, 0.25) is 0 Å². The van der Waals surface area contributed by atoms with Crippen LogP contribution in [0.3, 0.4) is 0 Å². The van der Waals surface area contributed by atoms with Gasteiger partial charge < -0.3 is 4.90 Å². The van der Waals surface area contributed by atoms with E-state index in [0.717, 1.165) is 17.8 Å². The minimum Gasteiger partial charge on any atom is -0.339 e. The smallest absolute Gasteiger partial charge is 0.226 e. The molecule has 86 valence electrons. The molecule has 4 heteroatoms. The zero-order valence-corrected chi connectivity index (χ0v) is 10.3. The Morgan fingerprint density at radius 2 is 2.50 bits per heavy atom. The lowest BCUT2D eigenvalue weighted by atomic mass is 10.1. The van der Waals surface area contributed by atoms with Crippen molar-refractivity contribution < 1.29 is 4.79 Å². The third kappa shape index (κ3) is 2.92. The zero-order chi connectivity index (χ0) is 11.4. The van der Waals surface area contributed by atoms with E-state index in [-0.39, 0.29) is 5.91 Å². The van der Waals surface area contributed by atoms with E-state index in [9.17, 15) is 4.79 Å². The van der Waals surface area contributed by atoms with Crippen LogP contribution in [0.15, 0.2) is 23.2 Å². The Balaban J connectivity index is 1.84. The van der Waals surface area contributed by atoms with Gasteiger partial charge in [-0.25, -0.2) is 4.98 Å². The molecule has 0 atom stereocenters. The largest absolute Gasteiger partial charge is 0.339 e. The molecule has 1 heterocycles. The van der Waals surface area contributed by atoms with Crippen LogP contribution in [0.4, 0.5) is 0 Å². The summed E-state index contributed by atoms with van der Waals surface area (Å²) in [5, 5.41) is 2.93. The number of thiazole rings is 1. The molecule has 0 radical (unpaired) electrons. The summed E-state index contributed by atoms with van der Waals surface area (Å²) < 4.78 is 0. The third-order valence-corrected chi connectivity index (χ3v) is 3.56. The average Bonchev–Trinajstić information content (AvgIpc) is 2.90. The van der Waals surface area contributed by atoms with Crippen molar-refractivity contribution in [2.75, 3.05) is 7.05 Å². The van der Waals surface area contributed by atoms with Gasteiger partial charge in [0.05, 0.1) is 6.54 Å². The van der Waals surface area contributed by atoms with E-state index in [0.29, 0.717) is 13.0 Å². The van der Waals surface area contributed by atoms with Gasteiger partial charge in [0.15, 0.2) is 0 Å². The summed E-state index contributed by atoms with van der Waals surface area (Å²) in [5.41, 5.74) is 1.30. The third-order valence-electron chi connectivity index (χ3n) is 2.79. The highest BCUT2D eigenvalue weighted by Gasteiger charge is 2.14. The van der Waals surface area contributed by atoms with E-state index in [4.69, 9.17) is 0 Å². The highest BCUT2D eigenvalue weighted by Crippen LogP contribution is 2.21. The Morgan fingerprint density at radius 3 is 3.12 bits per heavy atom. The van der Waals surface area contributed by atoms with Crippen molar-refractivity contribution in [1.29, 1.82) is 0 Å². The molecule has 1 aliphatic carbocycles. The number of nitrogens with zero attached hydrogens (tertiary/aromatic N) is 2. The molecule has 16 heavy (non-hydrogen) atoms. The standard InChI is InChI=1S/C12H16N2OS/c1-14(9-11-13-6-7-16-11)12(15)8-10-4-2-3-5-10/h4,6-7H,2-3,5,8-9H2,1H3. The first kappa shape index (κ1) is 11.3. The van der Waals surface area contributed by atoms with Crippen LogP contribution in [-0.4, -0.2) is 22.8 Å². The van der Waals surface area contributed by atoms with Crippen molar-refractivity contribution in [3.05, 3.63) is 28.2 Å². The first-order valence-corrected chi connectivity index (χ1v) is 6.44. The van der Waals surface area contributed by atoms with E-state index in [1.807, 2.05) is 12.4 Å². The Hall–Kier alpha value is -1.16. The second-order valence-electron chi connectivity index (χ2n) is 4.11. The van der Waals surface area contributed by atoms with Gasteiger partial charge in [-0.2, -0.15) is 0 Å². The van der Waals surface area contributed by atoms with Gasteiger partial charge in [-0.1, -0.05) is 11.6 Å². The molecule has 0 fully saturated rings. The molecule has 0 saturated heterocycles. The summed E-state index contributed by atoms with van der Waals surface area (Å²) in [5.74, 6) is 0.198. The predicted molar refractivity (Wildman–Crippen MR) is 65.1 cm³/mol. The average molecular weight is 236 g/mol. The normalized spacial score (nSPS) is 14.9. The van der Waals surface area contributed by atoms with Crippen LogP contribution < -0.4 is 0 Å². The first-order valence-electron chi connectivity index (χ1n) is 5.56. The molecule has 1 amide bonds. The number of aromatic nitrogens is 1. The van der Waals surface area contributed by atoms with Crippen LogP contribution in [0.1, 0.15) is 30.7 Å². The zero-order valence-electron chi connectivity index (χ0n) is 9.48. The molecule has 1 aliphatic rings. The number of hydrogen-bond donors (Lipinski definition) is 0. The van der Waals surface area contributed by atoms with Gasteiger partial charge in [0.2, 0.25) is 5.91 Å². The molecular formula is C12H16N2OS. The minimum atomic E-state index is 0.198. The summed E-state index contributed by atoms with van der Waals surface area (Å²) >= 11 is 1.59. The number of carbonyl (C=O) groups excluding carboxylic acids is 1. The predicted octanol–water partition coefficient (Wildman–Crippen LogP) is 2.60. The van der Waals surface area contributed by atoms with Crippen LogP contribution in [0.25, 0.3) is 0 Å². The quantitative estimate of drug-likeness (QED) is 0.753. The molecule has 0 N–H and O–H groups in total. The molecule has 0 unspecified atom stereocenters. The first-order chi connectivity index (χ1) is 7.75. The maximum absolute atomic E-state index is 11.9. The van der Waals surface area contributed by atoms with Crippen LogP contribution in [-0.2, 0) is 11.3 Å². The van der Waals surface area contributed by atoms with Gasteiger partial charge in [-0.3, -0.25) is 4.79 Å². The van der Waals surface area contributed by atoms with Crippen molar-refractivity contribution >= 4 is 17.2 Å². The topological polar surface area (TPSA) is 33.2 Å². The SMILES string of the molecule is CN(Cc1nccs1)C(=O)CC1=CCCC1. The molecule has 0 aromatic carbocycles. The Morgan fingerprint density at radius 1 is 1.62 bits per heavy atom. The molecule has 0 bridgehead atoms. The van der Waals surface area contributed by atoms with Crippen LogP contribution >= 0.6 is 11.3 Å². The highest BCUT2D eigenvalue weighted by atomic mass is 32.1. The lowest BCUT2D eigenvalue weighted by Crippen LogP contribution is -2.26. The Bertz CT molecular complexity index is 384. The minimum absolute atomic E-state index is 0.198. The van der Waals surface area contributed by atoms with E-state index in [1.54, 1.807) is 22.4 Å². The number of carbonyl (C=O) groups is 1. The molecule has 2 rings (SSSR count). The summed E-state index contributed by atoms with van der Waals surface area (Å²) in [7, 11) is 1.85. The van der Waals surface area contributed by atoms with Crippen molar-refractivity contribution in [2.24, 2.45) is 0 Å². The fraction of sp³-hybridized carbons (Fsp3) is 0.500. The molecule has 0 saturated carbocycles. The summed E-state index contributed by atoms with van der Waals surface area (Å²) in [6, 6.07) is 0. The monoisotopic (exact) mass is 236 g/mol. The van der Waals surface area contributed by atoms with Crippen molar-refractivity contribution in [2.45, 2.75) is 32.2 Å². The molecule has 1 aromatic rings. The number of amides is 1. The van der Waals surface area contributed by atoms with Gasteiger partial charge in [0.25, 0.3) is 0 Å². The van der Waals surface area contributed by atoms with Crippen molar-refractivity contribution in [3.8, 4) is 0 Å². The second-order valence-corrected chi connectivity index (χ2v) is 5.09. The molecular weight excluding hydrogens is 220 g/mol. The van der Waals surface area contributed by atoms with Gasteiger partial charge in [-0.15, -0.1) is 11.3 Å². The second kappa shape index (κ2) is 5.25. The fourth-order valence-electron chi connectivity index (χ4n) is 1.85. The number of rotatable bonds is 4. The van der Waals surface area contributed by atoms with Crippen molar-refractivity contribution in [1.82, 2.24) is 9.88 Å². The van der Waals surface area contributed by atoms with Gasteiger partial charge >= 0.3 is 0 Å². The molecule has 1 aromatic heterocycles. The summed E-state index contributed by atoms with van der Waals surface area (Å²) in [4.78, 5) is 17.8. The molecule has 0 aliphatic heterocycles. The molecule has 0 spiro atoms. The van der Waals surface area contributed by atoms with Gasteiger partial charge in [0.1, 0.15) is 5.01 Å². The Labute approximate surface area is 99.8 Å². The van der Waals surface area contributed by atoms with Crippen molar-refractivity contribution in [3.63, 3.8) is 0 Å². The van der Waals surface area contributed by atoms with Crippen LogP contribution in [0, 0.1) is 0 Å². The lowest BCUT2D eigenvalue weighted by Gasteiger charge is -2.15. The summed E-state index contributed by atoms with van der Waals surface area (Å²) in [6.45, 7) is 0.629. The lowest BCUT2D eigenvalue weighted by molar-refractivity contribution is -0.129. The van der Waals surface area contributed by atoms with E-state index < -0.39 is 0 Å². The number of hydrogen-bond acceptors (Lipinski definition) is 3. The number of allylic oxidation sites excluding steroid dienone is 1. The maximum atomic E-state index is 11.9. The van der Waals surface area contributed by atoms with Gasteiger partial charge in [-0.05, 0) is 19.3 Å². The maximum Gasteiger partial charge on any atom is 0.226 e.